The van der Waals surface area contributed by atoms with Crippen LogP contribution in [0.4, 0.5) is 0 Å². The lowest BCUT2D eigenvalue weighted by Crippen LogP contribution is -2.14. The molecule has 3 N–H and O–H groups in total. The second-order valence-electron chi connectivity index (χ2n) is 3.81. The number of pyridine rings is 1. The summed E-state index contributed by atoms with van der Waals surface area (Å²) in [4.78, 5) is 5.24. The summed E-state index contributed by atoms with van der Waals surface area (Å²) < 4.78 is 5.50. The molecule has 0 radical (unpaired) electrons. The van der Waals surface area contributed by atoms with E-state index < -0.39 is 0 Å². The molecule has 1 aromatic rings. The third kappa shape index (κ3) is 2.54. The molecule has 0 aliphatic carbocycles. The predicted octanol–water partition coefficient (Wildman–Crippen LogP) is 1.64. The average molecular weight is 237 g/mol. The van der Waals surface area contributed by atoms with Gasteiger partial charge in [0.25, 0.3) is 0 Å². The Balaban J connectivity index is 2.02. The summed E-state index contributed by atoms with van der Waals surface area (Å²) in [7, 11) is 0. The summed E-state index contributed by atoms with van der Waals surface area (Å²) in [5, 5.41) is 7.75. The smallest absolute Gasteiger partial charge is 0.141 e. The Bertz CT molecular complexity index is 379. The van der Waals surface area contributed by atoms with Gasteiger partial charge >= 0.3 is 0 Å². The molecule has 2 atom stereocenters. The Kier molecular flexibility index (Phi) is 3.46. The molecule has 2 heterocycles. The monoisotopic (exact) mass is 237 g/mol. The molecule has 0 bridgehead atoms. The second-order valence-corrected chi connectivity index (χ2v) is 5.13. The lowest BCUT2D eigenvalue weighted by Gasteiger charge is -2.13. The van der Waals surface area contributed by atoms with Crippen LogP contribution in [0.1, 0.15) is 19.0 Å². The van der Waals surface area contributed by atoms with Crippen LogP contribution >= 0.6 is 11.8 Å². The Morgan fingerprint density at radius 1 is 1.62 bits per heavy atom. The van der Waals surface area contributed by atoms with Crippen molar-refractivity contribution in [2.75, 3.05) is 6.61 Å². The summed E-state index contributed by atoms with van der Waals surface area (Å²) in [5.41, 5.74) is 5.87. The third-order valence-corrected chi connectivity index (χ3v) is 4.04. The zero-order chi connectivity index (χ0) is 11.5. The maximum Gasteiger partial charge on any atom is 0.141 e. The molecule has 4 nitrogen and oxygen atoms in total. The second kappa shape index (κ2) is 4.84. The standard InChI is InChI=1S/C11H15N3OS/c1-7-10(4-5-15-7)16-8-2-3-9(11(12)13)14-6-8/h2-3,6-7,10H,4-5H2,1H3,(H3,12,13). The number of nitrogen functional groups attached to an aromatic ring is 1. The lowest BCUT2D eigenvalue weighted by molar-refractivity contribution is 0.127. The number of aromatic nitrogens is 1. The maximum absolute atomic E-state index is 7.25. The van der Waals surface area contributed by atoms with Crippen molar-refractivity contribution in [3.8, 4) is 0 Å². The van der Waals surface area contributed by atoms with Gasteiger partial charge in [-0.3, -0.25) is 10.4 Å². The van der Waals surface area contributed by atoms with Crippen LogP contribution in [0.3, 0.4) is 0 Å². The van der Waals surface area contributed by atoms with Gasteiger partial charge in [0.2, 0.25) is 0 Å². The van der Waals surface area contributed by atoms with Crippen LogP contribution in [0.5, 0.6) is 0 Å². The van der Waals surface area contributed by atoms with Crippen molar-refractivity contribution < 1.29 is 4.74 Å². The lowest BCUT2D eigenvalue weighted by atomic mass is 10.3. The first kappa shape index (κ1) is 11.4. The van der Waals surface area contributed by atoms with E-state index in [4.69, 9.17) is 15.9 Å². The number of hydrogen-bond donors (Lipinski definition) is 2. The average Bonchev–Trinajstić information content (AvgIpc) is 2.65. The minimum atomic E-state index is 0.00844. The fourth-order valence-corrected chi connectivity index (χ4v) is 2.75. The summed E-state index contributed by atoms with van der Waals surface area (Å²) in [6.07, 6.45) is 3.16. The number of hydrogen-bond acceptors (Lipinski definition) is 4. The summed E-state index contributed by atoms with van der Waals surface area (Å²) in [6.45, 7) is 2.94. The Morgan fingerprint density at radius 3 is 2.94 bits per heavy atom. The van der Waals surface area contributed by atoms with Crippen LogP contribution in [0, 0.1) is 5.41 Å². The van der Waals surface area contributed by atoms with Crippen LogP contribution in [-0.4, -0.2) is 28.8 Å². The quantitative estimate of drug-likeness (QED) is 0.619. The molecule has 0 spiro atoms. The van der Waals surface area contributed by atoms with Gasteiger partial charge in [-0.2, -0.15) is 0 Å². The molecule has 0 aromatic carbocycles. The molecule has 0 saturated carbocycles. The highest BCUT2D eigenvalue weighted by molar-refractivity contribution is 8.00. The number of ether oxygens (including phenoxy) is 1. The topological polar surface area (TPSA) is 72.0 Å². The van der Waals surface area contributed by atoms with Gasteiger partial charge in [0.1, 0.15) is 11.5 Å². The molecule has 1 aliphatic heterocycles. The van der Waals surface area contributed by atoms with Crippen LogP contribution in [0.25, 0.3) is 0 Å². The van der Waals surface area contributed by atoms with Crippen molar-refractivity contribution in [1.82, 2.24) is 4.98 Å². The highest BCUT2D eigenvalue weighted by atomic mass is 32.2. The molecular formula is C11H15N3OS. The van der Waals surface area contributed by atoms with E-state index in [0.717, 1.165) is 17.9 Å². The minimum Gasteiger partial charge on any atom is -0.382 e. The van der Waals surface area contributed by atoms with E-state index in [1.807, 2.05) is 6.07 Å². The van der Waals surface area contributed by atoms with E-state index >= 15 is 0 Å². The fraction of sp³-hybridized carbons (Fsp3) is 0.455. The van der Waals surface area contributed by atoms with Crippen LogP contribution in [0.15, 0.2) is 23.2 Å². The molecule has 1 saturated heterocycles. The molecule has 0 amide bonds. The summed E-state index contributed by atoms with van der Waals surface area (Å²) in [5.74, 6) is 0.00844. The molecule has 86 valence electrons. The highest BCUT2D eigenvalue weighted by Gasteiger charge is 2.25. The van der Waals surface area contributed by atoms with Crippen molar-refractivity contribution in [3.63, 3.8) is 0 Å². The van der Waals surface area contributed by atoms with E-state index in [-0.39, 0.29) is 5.84 Å². The molecule has 5 heteroatoms. The van der Waals surface area contributed by atoms with Crippen molar-refractivity contribution in [2.45, 2.75) is 29.6 Å². The molecule has 2 unspecified atom stereocenters. The number of nitrogens with one attached hydrogen (secondary N) is 1. The number of rotatable bonds is 3. The van der Waals surface area contributed by atoms with Crippen molar-refractivity contribution in [2.24, 2.45) is 5.73 Å². The van der Waals surface area contributed by atoms with E-state index in [0.29, 0.717) is 17.0 Å². The largest absolute Gasteiger partial charge is 0.382 e. The highest BCUT2D eigenvalue weighted by Crippen LogP contribution is 2.31. The van der Waals surface area contributed by atoms with E-state index in [2.05, 4.69) is 11.9 Å². The van der Waals surface area contributed by atoms with Gasteiger partial charge in [0, 0.05) is 22.9 Å². The fourth-order valence-electron chi connectivity index (χ4n) is 1.65. The van der Waals surface area contributed by atoms with E-state index in [1.54, 1.807) is 24.0 Å². The maximum atomic E-state index is 7.25. The SMILES string of the molecule is CC1OCCC1Sc1ccc(C(=N)N)nc1. The number of nitrogens with two attached hydrogens (primary N) is 1. The molecule has 1 aliphatic rings. The molecular weight excluding hydrogens is 222 g/mol. The predicted molar refractivity (Wildman–Crippen MR) is 64.9 cm³/mol. The molecule has 1 aromatic heterocycles. The van der Waals surface area contributed by atoms with Gasteiger partial charge in [0.05, 0.1) is 6.10 Å². The molecule has 16 heavy (non-hydrogen) atoms. The minimum absolute atomic E-state index is 0.00844. The normalized spacial score (nSPS) is 24.6. The van der Waals surface area contributed by atoms with Crippen molar-refractivity contribution >= 4 is 17.6 Å². The zero-order valence-electron chi connectivity index (χ0n) is 9.14. The van der Waals surface area contributed by atoms with Gasteiger partial charge in [-0.15, -0.1) is 11.8 Å². The van der Waals surface area contributed by atoms with Gasteiger partial charge in [0.15, 0.2) is 0 Å². The Morgan fingerprint density at radius 2 is 2.44 bits per heavy atom. The molecule has 1 fully saturated rings. The van der Waals surface area contributed by atoms with Gasteiger partial charge in [-0.05, 0) is 25.5 Å². The van der Waals surface area contributed by atoms with E-state index in [1.165, 1.54) is 0 Å². The Hall–Kier alpha value is -1.07. The van der Waals surface area contributed by atoms with Crippen molar-refractivity contribution in [1.29, 1.82) is 5.41 Å². The van der Waals surface area contributed by atoms with Gasteiger partial charge in [-0.1, -0.05) is 0 Å². The van der Waals surface area contributed by atoms with Crippen LogP contribution in [0.2, 0.25) is 0 Å². The summed E-state index contributed by atoms with van der Waals surface area (Å²) >= 11 is 1.78. The van der Waals surface area contributed by atoms with Gasteiger partial charge in [-0.25, -0.2) is 0 Å². The van der Waals surface area contributed by atoms with E-state index in [9.17, 15) is 0 Å². The van der Waals surface area contributed by atoms with Crippen molar-refractivity contribution in [3.05, 3.63) is 24.0 Å². The third-order valence-electron chi connectivity index (χ3n) is 2.61. The number of amidine groups is 1. The zero-order valence-corrected chi connectivity index (χ0v) is 9.96. The number of thioether (sulfide) groups is 1. The summed E-state index contributed by atoms with van der Waals surface area (Å²) in [6, 6.07) is 3.74. The van der Waals surface area contributed by atoms with Gasteiger partial charge < -0.3 is 10.5 Å². The Labute approximate surface area is 99.1 Å². The first-order valence-corrected chi connectivity index (χ1v) is 6.13. The first-order valence-electron chi connectivity index (χ1n) is 5.25. The molecule has 2 rings (SSSR count). The number of nitrogens with zero attached hydrogens (tertiary/aromatic N) is 1. The van der Waals surface area contributed by atoms with Crippen LogP contribution in [-0.2, 0) is 4.74 Å². The van der Waals surface area contributed by atoms with Crippen LogP contribution < -0.4 is 5.73 Å². The first-order chi connectivity index (χ1) is 7.66.